The number of methoxy groups -OCH3 is 1. The van der Waals surface area contributed by atoms with Gasteiger partial charge in [0.25, 0.3) is 11.8 Å². The number of fused-ring (bicyclic) bond motifs is 1. The van der Waals surface area contributed by atoms with Crippen molar-refractivity contribution in [1.29, 1.82) is 0 Å². The molecule has 0 spiro atoms. The average molecular weight is 579 g/mol. The van der Waals surface area contributed by atoms with Crippen molar-refractivity contribution in [3.63, 3.8) is 0 Å². The van der Waals surface area contributed by atoms with Gasteiger partial charge >= 0.3 is 5.63 Å². The second-order valence-corrected chi connectivity index (χ2v) is 10.2. The summed E-state index contributed by atoms with van der Waals surface area (Å²) in [5.41, 5.74) is 1.97. The van der Waals surface area contributed by atoms with Gasteiger partial charge in [0.05, 0.1) is 7.11 Å². The summed E-state index contributed by atoms with van der Waals surface area (Å²) in [6, 6.07) is 29.3. The highest BCUT2D eigenvalue weighted by atomic mass is 32.2. The van der Waals surface area contributed by atoms with Crippen molar-refractivity contribution >= 4 is 46.3 Å². The highest BCUT2D eigenvalue weighted by Crippen LogP contribution is 2.26. The first-order chi connectivity index (χ1) is 20.4. The molecule has 0 bridgehead atoms. The van der Waals surface area contributed by atoms with Gasteiger partial charge in [0.15, 0.2) is 0 Å². The van der Waals surface area contributed by atoms with Gasteiger partial charge in [0, 0.05) is 44.5 Å². The number of phenols is 1. The van der Waals surface area contributed by atoms with Crippen LogP contribution in [0.4, 0.5) is 5.69 Å². The van der Waals surface area contributed by atoms with Crippen LogP contribution in [-0.4, -0.2) is 24.0 Å². The van der Waals surface area contributed by atoms with Gasteiger partial charge in [0.1, 0.15) is 22.8 Å². The first-order valence-corrected chi connectivity index (χ1v) is 13.9. The monoisotopic (exact) mass is 578 g/mol. The zero-order chi connectivity index (χ0) is 29.5. The summed E-state index contributed by atoms with van der Waals surface area (Å²) in [7, 11) is 1.53. The van der Waals surface area contributed by atoms with E-state index >= 15 is 0 Å². The second kappa shape index (κ2) is 12.9. The number of thioether (sulfide) groups is 1. The van der Waals surface area contributed by atoms with Crippen LogP contribution >= 0.6 is 11.8 Å². The smallest absolute Gasteiger partial charge is 0.340 e. The standard InChI is InChI=1S/C33H26N2O6S/c1-40-29-10-6-5-9-22(29)18-28(35-31(37)21-7-3-2-4-8-21)32(38)34-25-12-15-27(16-13-25)42-20-24-17-23-11-14-26(36)19-30(23)41-33(24)39/h2-19,36H,20H2,1H3,(H,34,38)(H,35,37)/b28-18-. The number of hydrogen-bond donors (Lipinski definition) is 3. The Bertz CT molecular complexity index is 1830. The molecule has 8 nitrogen and oxygen atoms in total. The van der Waals surface area contributed by atoms with Gasteiger partial charge in [-0.25, -0.2) is 4.79 Å². The number of anilines is 1. The van der Waals surface area contributed by atoms with Crippen molar-refractivity contribution in [3.8, 4) is 11.5 Å². The third-order valence-electron chi connectivity index (χ3n) is 6.27. The van der Waals surface area contributed by atoms with Crippen LogP contribution in [0, 0.1) is 0 Å². The van der Waals surface area contributed by atoms with Crippen LogP contribution in [0.3, 0.4) is 0 Å². The van der Waals surface area contributed by atoms with Crippen molar-refractivity contribution < 1.29 is 23.8 Å². The number of carbonyl (C=O) groups is 2. The minimum Gasteiger partial charge on any atom is -0.508 e. The fourth-order valence-electron chi connectivity index (χ4n) is 4.12. The van der Waals surface area contributed by atoms with Crippen molar-refractivity contribution in [2.24, 2.45) is 0 Å². The number of phenolic OH excluding ortho intramolecular Hbond substituents is 1. The molecule has 4 aromatic carbocycles. The van der Waals surface area contributed by atoms with Crippen molar-refractivity contribution in [3.05, 3.63) is 136 Å². The molecule has 5 aromatic rings. The van der Waals surface area contributed by atoms with Crippen LogP contribution in [0.1, 0.15) is 21.5 Å². The van der Waals surface area contributed by atoms with E-state index in [1.807, 2.05) is 24.3 Å². The van der Waals surface area contributed by atoms with Crippen molar-refractivity contribution in [2.45, 2.75) is 10.6 Å². The van der Waals surface area contributed by atoms with Gasteiger partial charge in [-0.2, -0.15) is 0 Å². The molecule has 3 N–H and O–H groups in total. The summed E-state index contributed by atoms with van der Waals surface area (Å²) in [6.45, 7) is 0. The van der Waals surface area contributed by atoms with Gasteiger partial charge in [-0.3, -0.25) is 9.59 Å². The summed E-state index contributed by atoms with van der Waals surface area (Å²) in [6.07, 6.45) is 1.57. The number of para-hydroxylation sites is 1. The molecule has 0 aliphatic rings. The fourth-order valence-corrected chi connectivity index (χ4v) is 4.97. The van der Waals surface area contributed by atoms with Crippen LogP contribution in [-0.2, 0) is 10.5 Å². The zero-order valence-electron chi connectivity index (χ0n) is 22.5. The molecule has 1 heterocycles. The third-order valence-corrected chi connectivity index (χ3v) is 7.33. The van der Waals surface area contributed by atoms with Gasteiger partial charge in [-0.1, -0.05) is 36.4 Å². The Balaban J connectivity index is 1.30. The Morgan fingerprint density at radius 2 is 1.67 bits per heavy atom. The predicted molar refractivity (Wildman–Crippen MR) is 164 cm³/mol. The van der Waals surface area contributed by atoms with Crippen LogP contribution < -0.4 is 21.0 Å². The first kappa shape index (κ1) is 28.3. The van der Waals surface area contributed by atoms with Crippen LogP contribution in [0.15, 0.2) is 123 Å². The van der Waals surface area contributed by atoms with Crippen LogP contribution in [0.2, 0.25) is 0 Å². The van der Waals surface area contributed by atoms with Gasteiger partial charge in [-0.15, -0.1) is 11.8 Å². The minimum atomic E-state index is -0.509. The van der Waals surface area contributed by atoms with Gasteiger partial charge < -0.3 is 24.9 Å². The number of aromatic hydroxyl groups is 1. The topological polar surface area (TPSA) is 118 Å². The summed E-state index contributed by atoms with van der Waals surface area (Å²) in [5.74, 6) is 0.0269. The molecule has 0 aliphatic heterocycles. The highest BCUT2D eigenvalue weighted by Gasteiger charge is 2.16. The maximum atomic E-state index is 13.3. The molecular formula is C33H26N2O6S. The maximum absolute atomic E-state index is 13.3. The molecule has 0 aliphatic carbocycles. The van der Waals surface area contributed by atoms with Crippen LogP contribution in [0.25, 0.3) is 17.0 Å². The zero-order valence-corrected chi connectivity index (χ0v) is 23.3. The second-order valence-electron chi connectivity index (χ2n) is 9.17. The van der Waals surface area contributed by atoms with Gasteiger partial charge in [-0.05, 0) is 66.7 Å². The molecule has 0 unspecified atom stereocenters. The fraction of sp³-hybridized carbons (Fsp3) is 0.0606. The Morgan fingerprint density at radius 1 is 0.929 bits per heavy atom. The Kier molecular flexibility index (Phi) is 8.70. The normalized spacial score (nSPS) is 11.2. The predicted octanol–water partition coefficient (Wildman–Crippen LogP) is 6.21. The Hall–Kier alpha value is -5.28. The van der Waals surface area contributed by atoms with E-state index < -0.39 is 17.4 Å². The molecule has 42 heavy (non-hydrogen) atoms. The van der Waals surface area contributed by atoms with E-state index in [4.69, 9.17) is 9.15 Å². The number of amides is 2. The maximum Gasteiger partial charge on any atom is 0.340 e. The molecule has 0 atom stereocenters. The lowest BCUT2D eigenvalue weighted by molar-refractivity contribution is -0.113. The molecule has 0 radical (unpaired) electrons. The lowest BCUT2D eigenvalue weighted by Gasteiger charge is -2.13. The molecule has 1 aromatic heterocycles. The van der Waals surface area contributed by atoms with Crippen molar-refractivity contribution in [1.82, 2.24) is 5.32 Å². The molecule has 0 saturated heterocycles. The quantitative estimate of drug-likeness (QED) is 0.108. The van der Waals surface area contributed by atoms with Crippen LogP contribution in [0.5, 0.6) is 11.5 Å². The van der Waals surface area contributed by atoms with E-state index in [-0.39, 0.29) is 11.4 Å². The molecule has 2 amide bonds. The Morgan fingerprint density at radius 3 is 2.43 bits per heavy atom. The SMILES string of the molecule is COc1ccccc1/C=C(\NC(=O)c1ccccc1)C(=O)Nc1ccc(SCc2cc3ccc(O)cc3oc2=O)cc1. The van der Waals surface area contributed by atoms with Gasteiger partial charge in [0.2, 0.25) is 0 Å². The Labute approximate surface area is 245 Å². The number of carbonyl (C=O) groups excluding carboxylic acids is 2. The lowest BCUT2D eigenvalue weighted by Crippen LogP contribution is -2.30. The molecule has 210 valence electrons. The van der Waals surface area contributed by atoms with Crippen molar-refractivity contribution in [2.75, 3.05) is 12.4 Å². The van der Waals surface area contributed by atoms with E-state index in [0.717, 1.165) is 10.3 Å². The molecule has 0 saturated carbocycles. The van der Waals surface area contributed by atoms with E-state index in [1.165, 1.54) is 31.0 Å². The molecule has 5 rings (SSSR count). The number of ether oxygens (including phenoxy) is 1. The summed E-state index contributed by atoms with van der Waals surface area (Å²) in [5, 5.41) is 15.9. The molecule has 0 fully saturated rings. The number of hydrogen-bond acceptors (Lipinski definition) is 7. The lowest BCUT2D eigenvalue weighted by atomic mass is 10.1. The third kappa shape index (κ3) is 6.89. The largest absolute Gasteiger partial charge is 0.508 e. The summed E-state index contributed by atoms with van der Waals surface area (Å²) < 4.78 is 10.7. The van der Waals surface area contributed by atoms with E-state index in [0.29, 0.717) is 39.5 Å². The first-order valence-electron chi connectivity index (χ1n) is 12.9. The van der Waals surface area contributed by atoms with E-state index in [1.54, 1.807) is 72.8 Å². The van der Waals surface area contributed by atoms with E-state index in [2.05, 4.69) is 10.6 Å². The van der Waals surface area contributed by atoms with E-state index in [9.17, 15) is 19.5 Å². The minimum absolute atomic E-state index is 0.0286. The summed E-state index contributed by atoms with van der Waals surface area (Å²) >= 11 is 1.44. The number of rotatable bonds is 9. The molecule has 9 heteroatoms. The number of benzene rings is 4. The highest BCUT2D eigenvalue weighted by molar-refractivity contribution is 7.98. The summed E-state index contributed by atoms with van der Waals surface area (Å²) in [4.78, 5) is 39.5. The average Bonchev–Trinajstić information content (AvgIpc) is 3.01. The number of nitrogens with one attached hydrogen (secondary N) is 2. The molecular weight excluding hydrogens is 552 g/mol.